The summed E-state index contributed by atoms with van der Waals surface area (Å²) >= 11 is 0. The molecule has 52 valence electrons. The van der Waals surface area contributed by atoms with Crippen LogP contribution in [0, 0.1) is 0 Å². The number of carbonyl (C=O) groups is 1. The summed E-state index contributed by atoms with van der Waals surface area (Å²) in [6.45, 7) is 2.35. The zero-order chi connectivity index (χ0) is 6.91. The van der Waals surface area contributed by atoms with Gasteiger partial charge in [-0.15, -0.1) is 0 Å². The summed E-state index contributed by atoms with van der Waals surface area (Å²) in [5.41, 5.74) is 5.34. The molecule has 1 heterocycles. The van der Waals surface area contributed by atoms with Crippen LogP contribution in [0.5, 0.6) is 0 Å². The summed E-state index contributed by atoms with van der Waals surface area (Å²) in [6, 6.07) is 0. The van der Waals surface area contributed by atoms with Crippen molar-refractivity contribution in [2.45, 2.75) is 25.3 Å². The van der Waals surface area contributed by atoms with Gasteiger partial charge >= 0.3 is 5.97 Å². The van der Waals surface area contributed by atoms with E-state index in [0.29, 0.717) is 13.0 Å². The smallest absolute Gasteiger partial charge is 0.307 e. The van der Waals surface area contributed by atoms with E-state index < -0.39 is 0 Å². The van der Waals surface area contributed by atoms with Crippen LogP contribution in [-0.2, 0) is 9.53 Å². The summed E-state index contributed by atoms with van der Waals surface area (Å²) in [6.07, 6.45) is 1.13. The van der Waals surface area contributed by atoms with Crippen molar-refractivity contribution in [1.82, 2.24) is 0 Å². The second-order valence-corrected chi connectivity index (χ2v) is 2.80. The van der Waals surface area contributed by atoms with E-state index in [2.05, 4.69) is 0 Å². The molecule has 2 N–H and O–H groups in total. The largest absolute Gasteiger partial charge is 0.466 e. The van der Waals surface area contributed by atoms with Crippen molar-refractivity contribution in [1.29, 1.82) is 0 Å². The van der Waals surface area contributed by atoms with Gasteiger partial charge in [-0.3, -0.25) is 4.79 Å². The van der Waals surface area contributed by atoms with Gasteiger partial charge in [-0.05, 0) is 13.3 Å². The van der Waals surface area contributed by atoms with Crippen molar-refractivity contribution in [3.8, 4) is 0 Å². The van der Waals surface area contributed by atoms with Crippen molar-refractivity contribution in [2.75, 3.05) is 6.61 Å². The normalized spacial score (nSPS) is 36.0. The SMILES string of the molecule is CC1(N)CCOC(=O)C1. The predicted octanol–water partition coefficient (Wildman–Crippen LogP) is 0.0408. The molecular weight excluding hydrogens is 118 g/mol. The maximum absolute atomic E-state index is 10.6. The van der Waals surface area contributed by atoms with E-state index in [1.54, 1.807) is 0 Å². The number of nitrogens with two attached hydrogens (primary N) is 1. The molecule has 0 amide bonds. The van der Waals surface area contributed by atoms with Crippen molar-refractivity contribution in [3.63, 3.8) is 0 Å². The summed E-state index contributed by atoms with van der Waals surface area (Å²) in [5, 5.41) is 0. The molecule has 3 nitrogen and oxygen atoms in total. The summed E-state index contributed by atoms with van der Waals surface area (Å²) in [7, 11) is 0. The average molecular weight is 129 g/mol. The molecule has 0 aromatic rings. The number of hydrogen-bond acceptors (Lipinski definition) is 3. The van der Waals surface area contributed by atoms with Crippen LogP contribution in [-0.4, -0.2) is 18.1 Å². The molecule has 0 aromatic carbocycles. The molecule has 1 aliphatic rings. The molecule has 0 radical (unpaired) electrons. The number of ether oxygens (including phenoxy) is 1. The second kappa shape index (κ2) is 1.99. The standard InChI is InChI=1S/C6H11NO2/c1-6(7)2-3-9-5(8)4-6/h2-4,7H2,1H3. The minimum atomic E-state index is -0.324. The van der Waals surface area contributed by atoms with Crippen LogP contribution >= 0.6 is 0 Å². The van der Waals surface area contributed by atoms with E-state index in [4.69, 9.17) is 10.5 Å². The Bertz CT molecular complexity index is 131. The molecule has 1 aliphatic heterocycles. The zero-order valence-corrected chi connectivity index (χ0v) is 5.52. The van der Waals surface area contributed by atoms with E-state index in [9.17, 15) is 4.79 Å². The Kier molecular flexibility index (Phi) is 1.45. The topological polar surface area (TPSA) is 52.3 Å². The number of rotatable bonds is 0. The Labute approximate surface area is 54.2 Å². The van der Waals surface area contributed by atoms with Crippen LogP contribution in [0.1, 0.15) is 19.8 Å². The monoisotopic (exact) mass is 129 g/mol. The molecule has 0 saturated carbocycles. The highest BCUT2D eigenvalue weighted by atomic mass is 16.5. The lowest BCUT2D eigenvalue weighted by Gasteiger charge is -2.27. The van der Waals surface area contributed by atoms with Gasteiger partial charge in [0.1, 0.15) is 0 Å². The maximum Gasteiger partial charge on any atom is 0.307 e. The first-order chi connectivity index (χ1) is 4.10. The number of esters is 1. The van der Waals surface area contributed by atoms with E-state index in [0.717, 1.165) is 6.42 Å². The van der Waals surface area contributed by atoms with E-state index in [1.807, 2.05) is 6.92 Å². The van der Waals surface area contributed by atoms with Crippen molar-refractivity contribution < 1.29 is 9.53 Å². The molecule has 0 spiro atoms. The number of cyclic esters (lactones) is 1. The molecule has 9 heavy (non-hydrogen) atoms. The first-order valence-electron chi connectivity index (χ1n) is 3.05. The van der Waals surface area contributed by atoms with Gasteiger partial charge in [-0.1, -0.05) is 0 Å². The lowest BCUT2D eigenvalue weighted by Crippen LogP contribution is -2.43. The predicted molar refractivity (Wildman–Crippen MR) is 32.8 cm³/mol. The molecule has 0 bridgehead atoms. The van der Waals surface area contributed by atoms with Crippen LogP contribution in [0.15, 0.2) is 0 Å². The van der Waals surface area contributed by atoms with Crippen LogP contribution in [0.3, 0.4) is 0 Å². The quantitative estimate of drug-likeness (QED) is 0.470. The van der Waals surface area contributed by atoms with E-state index in [-0.39, 0.29) is 11.5 Å². The Hall–Kier alpha value is -0.570. The molecule has 1 rings (SSSR count). The van der Waals surface area contributed by atoms with E-state index >= 15 is 0 Å². The van der Waals surface area contributed by atoms with Gasteiger partial charge in [-0.25, -0.2) is 0 Å². The third-order valence-electron chi connectivity index (χ3n) is 1.48. The highest BCUT2D eigenvalue weighted by molar-refractivity contribution is 5.71. The molecule has 0 aromatic heterocycles. The van der Waals surface area contributed by atoms with Crippen LogP contribution in [0.25, 0.3) is 0 Å². The fraction of sp³-hybridized carbons (Fsp3) is 0.833. The van der Waals surface area contributed by atoms with Gasteiger partial charge in [0.15, 0.2) is 0 Å². The van der Waals surface area contributed by atoms with Crippen molar-refractivity contribution in [2.24, 2.45) is 5.73 Å². The van der Waals surface area contributed by atoms with Gasteiger partial charge in [0, 0.05) is 5.54 Å². The van der Waals surface area contributed by atoms with Crippen LogP contribution in [0.2, 0.25) is 0 Å². The van der Waals surface area contributed by atoms with Gasteiger partial charge in [-0.2, -0.15) is 0 Å². The Morgan fingerprint density at radius 2 is 2.44 bits per heavy atom. The first-order valence-corrected chi connectivity index (χ1v) is 3.05. The Balaban J connectivity index is 2.51. The minimum Gasteiger partial charge on any atom is -0.466 e. The maximum atomic E-state index is 10.6. The molecule has 1 saturated heterocycles. The summed E-state index contributed by atoms with van der Waals surface area (Å²) in [5.74, 6) is -0.175. The van der Waals surface area contributed by atoms with Crippen LogP contribution in [0.4, 0.5) is 0 Å². The highest BCUT2D eigenvalue weighted by Crippen LogP contribution is 2.16. The van der Waals surface area contributed by atoms with Gasteiger partial charge < -0.3 is 10.5 Å². The fourth-order valence-electron chi connectivity index (χ4n) is 0.867. The molecular formula is C6H11NO2. The molecule has 1 atom stereocenters. The second-order valence-electron chi connectivity index (χ2n) is 2.80. The Morgan fingerprint density at radius 3 is 2.78 bits per heavy atom. The van der Waals surface area contributed by atoms with Gasteiger partial charge in [0.05, 0.1) is 13.0 Å². The van der Waals surface area contributed by atoms with E-state index in [1.165, 1.54) is 0 Å². The number of hydrogen-bond donors (Lipinski definition) is 1. The first kappa shape index (κ1) is 6.55. The molecule has 1 fully saturated rings. The molecule has 0 aliphatic carbocycles. The third-order valence-corrected chi connectivity index (χ3v) is 1.48. The van der Waals surface area contributed by atoms with Crippen molar-refractivity contribution in [3.05, 3.63) is 0 Å². The van der Waals surface area contributed by atoms with Gasteiger partial charge in [0.2, 0.25) is 0 Å². The minimum absolute atomic E-state index is 0.175. The lowest BCUT2D eigenvalue weighted by molar-refractivity contribution is -0.149. The van der Waals surface area contributed by atoms with Crippen LogP contribution < -0.4 is 5.73 Å². The fourth-order valence-corrected chi connectivity index (χ4v) is 0.867. The Morgan fingerprint density at radius 1 is 1.78 bits per heavy atom. The lowest BCUT2D eigenvalue weighted by atomic mass is 9.94. The zero-order valence-electron chi connectivity index (χ0n) is 5.52. The summed E-state index contributed by atoms with van der Waals surface area (Å²) < 4.78 is 4.69. The average Bonchev–Trinajstić information content (AvgIpc) is 1.60. The highest BCUT2D eigenvalue weighted by Gasteiger charge is 2.27. The third kappa shape index (κ3) is 1.68. The molecule has 1 unspecified atom stereocenters. The summed E-state index contributed by atoms with van der Waals surface area (Å²) in [4.78, 5) is 10.6. The van der Waals surface area contributed by atoms with Crippen molar-refractivity contribution >= 4 is 5.97 Å². The number of carbonyl (C=O) groups excluding carboxylic acids is 1. The molecule has 3 heteroatoms. The van der Waals surface area contributed by atoms with Gasteiger partial charge in [0.25, 0.3) is 0 Å².